The van der Waals surface area contributed by atoms with E-state index < -0.39 is 10.0 Å². The lowest BCUT2D eigenvalue weighted by atomic mass is 10.1. The fraction of sp³-hybridized carbons (Fsp3) is 0.316. The summed E-state index contributed by atoms with van der Waals surface area (Å²) in [5, 5.41) is 7.23. The van der Waals surface area contributed by atoms with Gasteiger partial charge in [0.1, 0.15) is 5.82 Å². The van der Waals surface area contributed by atoms with Crippen molar-refractivity contribution in [2.75, 3.05) is 13.1 Å². The fourth-order valence-corrected chi connectivity index (χ4v) is 5.00. The summed E-state index contributed by atoms with van der Waals surface area (Å²) in [7, 11) is -3.30. The number of sulfonamides is 1. The number of aromatic nitrogens is 4. The van der Waals surface area contributed by atoms with Gasteiger partial charge in [0.05, 0.1) is 5.75 Å². The molecule has 1 aliphatic rings. The van der Waals surface area contributed by atoms with E-state index in [1.807, 2.05) is 42.5 Å². The predicted octanol–water partition coefficient (Wildman–Crippen LogP) is 2.26. The highest BCUT2D eigenvalue weighted by atomic mass is 32.2. The molecule has 0 bridgehead atoms. The molecular weight excluding hydrogens is 362 g/mol. The van der Waals surface area contributed by atoms with Gasteiger partial charge in [-0.1, -0.05) is 30.3 Å². The second-order valence-electron chi connectivity index (χ2n) is 6.80. The van der Waals surface area contributed by atoms with Gasteiger partial charge in [0, 0.05) is 37.5 Å². The number of aromatic amines is 1. The van der Waals surface area contributed by atoms with Crippen molar-refractivity contribution in [3.8, 4) is 11.4 Å². The van der Waals surface area contributed by atoms with Gasteiger partial charge in [-0.3, -0.25) is 10.1 Å². The molecule has 1 saturated heterocycles. The average molecular weight is 383 g/mol. The summed E-state index contributed by atoms with van der Waals surface area (Å²) >= 11 is 0. The molecule has 1 unspecified atom stereocenters. The normalized spacial score (nSPS) is 18.0. The van der Waals surface area contributed by atoms with E-state index in [0.717, 1.165) is 23.4 Å². The molecule has 4 rings (SSSR count). The Morgan fingerprint density at radius 1 is 1.11 bits per heavy atom. The van der Waals surface area contributed by atoms with Crippen molar-refractivity contribution >= 4 is 10.0 Å². The smallest absolute Gasteiger partial charge is 0.218 e. The molecule has 0 spiro atoms. The quantitative estimate of drug-likeness (QED) is 0.705. The van der Waals surface area contributed by atoms with Crippen LogP contribution in [-0.4, -0.2) is 46.0 Å². The Kier molecular flexibility index (Phi) is 5.00. The maximum atomic E-state index is 12.7. The Bertz CT molecular complexity index is 989. The summed E-state index contributed by atoms with van der Waals surface area (Å²) in [4.78, 5) is 8.53. The molecule has 1 N–H and O–H groups in total. The number of H-pyrrole nitrogens is 1. The number of nitrogens with zero attached hydrogens (tertiary/aromatic N) is 4. The lowest BCUT2D eigenvalue weighted by molar-refractivity contribution is 0.452. The largest absolute Gasteiger partial charge is 0.265 e. The highest BCUT2D eigenvalue weighted by Gasteiger charge is 2.32. The Morgan fingerprint density at radius 3 is 2.67 bits per heavy atom. The molecule has 3 heterocycles. The van der Waals surface area contributed by atoms with Gasteiger partial charge in [0.25, 0.3) is 0 Å². The monoisotopic (exact) mass is 383 g/mol. The van der Waals surface area contributed by atoms with Gasteiger partial charge in [0.15, 0.2) is 5.82 Å². The van der Waals surface area contributed by atoms with Gasteiger partial charge in [-0.25, -0.2) is 17.7 Å². The van der Waals surface area contributed by atoms with Crippen molar-refractivity contribution in [2.45, 2.75) is 18.6 Å². The van der Waals surface area contributed by atoms with Crippen LogP contribution in [0.4, 0.5) is 0 Å². The summed E-state index contributed by atoms with van der Waals surface area (Å²) < 4.78 is 26.9. The fourth-order valence-electron chi connectivity index (χ4n) is 3.38. The van der Waals surface area contributed by atoms with E-state index in [9.17, 15) is 8.42 Å². The van der Waals surface area contributed by atoms with Crippen molar-refractivity contribution in [3.63, 3.8) is 0 Å². The molecular formula is C19H21N5O2S. The number of nitrogens with one attached hydrogen (secondary N) is 1. The van der Waals surface area contributed by atoms with Crippen molar-refractivity contribution in [1.82, 2.24) is 24.5 Å². The molecule has 2 aromatic heterocycles. The third-order valence-corrected chi connectivity index (χ3v) is 6.60. The van der Waals surface area contributed by atoms with E-state index in [0.29, 0.717) is 25.3 Å². The first-order valence-electron chi connectivity index (χ1n) is 8.93. The Morgan fingerprint density at radius 2 is 1.89 bits per heavy atom. The molecule has 8 heteroatoms. The van der Waals surface area contributed by atoms with Crippen LogP contribution in [0.15, 0.2) is 54.9 Å². The second-order valence-corrected chi connectivity index (χ2v) is 8.77. The standard InChI is InChI=1S/C19H21N5O2S/c25-27(26,14-15-4-2-1-3-5-15)24-11-8-16(13-24)12-18-21-19(23-22-18)17-6-9-20-10-7-17/h1-7,9-10,16H,8,11-14H2,(H,21,22,23). The molecule has 7 nitrogen and oxygen atoms in total. The molecule has 0 radical (unpaired) electrons. The number of hydrogen-bond acceptors (Lipinski definition) is 5. The topological polar surface area (TPSA) is 91.8 Å². The Balaban J connectivity index is 1.38. The van der Waals surface area contributed by atoms with Gasteiger partial charge < -0.3 is 0 Å². The van der Waals surface area contributed by atoms with Crippen LogP contribution in [0.3, 0.4) is 0 Å². The minimum absolute atomic E-state index is 0.0507. The number of hydrogen-bond donors (Lipinski definition) is 1. The van der Waals surface area contributed by atoms with Crippen molar-refractivity contribution < 1.29 is 8.42 Å². The lowest BCUT2D eigenvalue weighted by Gasteiger charge is -2.16. The van der Waals surface area contributed by atoms with Gasteiger partial charge in [-0.2, -0.15) is 5.10 Å². The second kappa shape index (κ2) is 7.58. The highest BCUT2D eigenvalue weighted by molar-refractivity contribution is 7.88. The summed E-state index contributed by atoms with van der Waals surface area (Å²) in [6.45, 7) is 1.09. The first-order chi connectivity index (χ1) is 13.1. The van der Waals surface area contributed by atoms with Crippen LogP contribution in [0.2, 0.25) is 0 Å². The summed E-state index contributed by atoms with van der Waals surface area (Å²) in [6, 6.07) is 13.0. The molecule has 1 aliphatic heterocycles. The SMILES string of the molecule is O=S(=O)(Cc1ccccc1)N1CCC(Cc2nc(-c3ccncc3)n[nH]2)C1. The summed E-state index contributed by atoms with van der Waals surface area (Å²) in [5.41, 5.74) is 1.73. The van der Waals surface area contributed by atoms with E-state index in [2.05, 4.69) is 20.2 Å². The zero-order chi connectivity index (χ0) is 18.7. The van der Waals surface area contributed by atoms with Crippen molar-refractivity contribution in [2.24, 2.45) is 5.92 Å². The lowest BCUT2D eigenvalue weighted by Crippen LogP contribution is -2.30. The Labute approximate surface area is 158 Å². The van der Waals surface area contributed by atoms with Gasteiger partial charge in [0.2, 0.25) is 10.0 Å². The number of benzene rings is 1. The van der Waals surface area contributed by atoms with Crippen LogP contribution in [0.1, 0.15) is 17.8 Å². The Hall–Kier alpha value is -2.58. The molecule has 140 valence electrons. The van der Waals surface area contributed by atoms with E-state index in [4.69, 9.17) is 0 Å². The molecule has 0 amide bonds. The number of pyridine rings is 1. The van der Waals surface area contributed by atoms with Crippen LogP contribution in [0.25, 0.3) is 11.4 Å². The zero-order valence-electron chi connectivity index (χ0n) is 14.8. The van der Waals surface area contributed by atoms with Crippen molar-refractivity contribution in [3.05, 3.63) is 66.2 Å². The highest BCUT2D eigenvalue weighted by Crippen LogP contribution is 2.24. The van der Waals surface area contributed by atoms with E-state index >= 15 is 0 Å². The van der Waals surface area contributed by atoms with Crippen LogP contribution in [0.5, 0.6) is 0 Å². The maximum Gasteiger partial charge on any atom is 0.218 e. The molecule has 1 aromatic carbocycles. The van der Waals surface area contributed by atoms with E-state index in [1.54, 1.807) is 16.7 Å². The number of rotatable bonds is 6. The van der Waals surface area contributed by atoms with Gasteiger partial charge >= 0.3 is 0 Å². The van der Waals surface area contributed by atoms with Gasteiger partial charge in [-0.05, 0) is 30.0 Å². The maximum absolute atomic E-state index is 12.7. The van der Waals surface area contributed by atoms with Gasteiger partial charge in [-0.15, -0.1) is 0 Å². The third-order valence-electron chi connectivity index (χ3n) is 4.79. The molecule has 27 heavy (non-hydrogen) atoms. The first-order valence-corrected chi connectivity index (χ1v) is 10.5. The molecule has 1 atom stereocenters. The minimum Gasteiger partial charge on any atom is -0.265 e. The first kappa shape index (κ1) is 17.8. The molecule has 3 aromatic rings. The molecule has 0 aliphatic carbocycles. The third kappa shape index (κ3) is 4.23. The molecule has 0 saturated carbocycles. The van der Waals surface area contributed by atoms with Crippen LogP contribution in [-0.2, 0) is 22.2 Å². The zero-order valence-corrected chi connectivity index (χ0v) is 15.6. The summed E-state index contributed by atoms with van der Waals surface area (Å²) in [5.74, 6) is 1.72. The summed E-state index contributed by atoms with van der Waals surface area (Å²) in [6.07, 6.45) is 4.93. The van der Waals surface area contributed by atoms with Crippen LogP contribution >= 0.6 is 0 Å². The molecule has 1 fully saturated rings. The van der Waals surface area contributed by atoms with E-state index in [1.165, 1.54) is 0 Å². The average Bonchev–Trinajstić information content (AvgIpc) is 3.34. The van der Waals surface area contributed by atoms with Crippen LogP contribution < -0.4 is 0 Å². The minimum atomic E-state index is -3.30. The van der Waals surface area contributed by atoms with Crippen LogP contribution in [0, 0.1) is 5.92 Å². The van der Waals surface area contributed by atoms with Crippen molar-refractivity contribution in [1.29, 1.82) is 0 Å². The van der Waals surface area contributed by atoms with E-state index in [-0.39, 0.29) is 11.7 Å². The predicted molar refractivity (Wildman–Crippen MR) is 102 cm³/mol.